The van der Waals surface area contributed by atoms with Gasteiger partial charge in [-0.25, -0.2) is 4.99 Å². The molecule has 1 heterocycles. The molecule has 0 radical (unpaired) electrons. The maximum absolute atomic E-state index is 6.02. The highest BCUT2D eigenvalue weighted by atomic mass is 15.2. The molecule has 0 bridgehead atoms. The molecule has 0 fully saturated rings. The van der Waals surface area contributed by atoms with Gasteiger partial charge in [-0.3, -0.25) is 0 Å². The Morgan fingerprint density at radius 2 is 2.29 bits per heavy atom. The Balaban J connectivity index is 2.41. The highest BCUT2D eigenvalue weighted by Crippen LogP contribution is 2.15. The van der Waals surface area contributed by atoms with Crippen molar-refractivity contribution < 1.29 is 0 Å². The SMILES string of the molecule is CN(C)CCCC1(N)C=CNC(N)=N1. The maximum atomic E-state index is 6.02. The van der Waals surface area contributed by atoms with Crippen LogP contribution in [0.25, 0.3) is 0 Å². The minimum atomic E-state index is -0.620. The summed E-state index contributed by atoms with van der Waals surface area (Å²) in [4.78, 5) is 6.29. The first-order valence-electron chi connectivity index (χ1n) is 4.75. The lowest BCUT2D eigenvalue weighted by Gasteiger charge is -2.25. The minimum absolute atomic E-state index is 0.389. The Bertz CT molecular complexity index is 246. The third-order valence-corrected chi connectivity index (χ3v) is 2.11. The topological polar surface area (TPSA) is 79.7 Å². The first kappa shape index (κ1) is 11.0. The van der Waals surface area contributed by atoms with E-state index < -0.39 is 5.66 Å². The molecule has 0 aromatic carbocycles. The third kappa shape index (κ3) is 3.35. The molecule has 0 aliphatic carbocycles. The van der Waals surface area contributed by atoms with E-state index in [0.717, 1.165) is 19.4 Å². The summed E-state index contributed by atoms with van der Waals surface area (Å²) < 4.78 is 0. The molecule has 1 atom stereocenters. The molecule has 5 nitrogen and oxygen atoms in total. The molecule has 5 N–H and O–H groups in total. The van der Waals surface area contributed by atoms with E-state index in [1.54, 1.807) is 6.20 Å². The predicted octanol–water partition coefficient (Wildman–Crippen LogP) is -0.585. The van der Waals surface area contributed by atoms with E-state index in [1.165, 1.54) is 0 Å². The fraction of sp³-hybridized carbons (Fsp3) is 0.667. The fourth-order valence-electron chi connectivity index (χ4n) is 1.38. The maximum Gasteiger partial charge on any atom is 0.194 e. The van der Waals surface area contributed by atoms with Crippen molar-refractivity contribution in [3.05, 3.63) is 12.3 Å². The van der Waals surface area contributed by atoms with E-state index >= 15 is 0 Å². The Hall–Kier alpha value is -1.07. The lowest BCUT2D eigenvalue weighted by Crippen LogP contribution is -2.44. The van der Waals surface area contributed by atoms with Crippen molar-refractivity contribution in [2.75, 3.05) is 20.6 Å². The summed E-state index contributed by atoms with van der Waals surface area (Å²) in [6, 6.07) is 0. The Morgan fingerprint density at radius 3 is 2.86 bits per heavy atom. The quantitative estimate of drug-likeness (QED) is 0.563. The van der Waals surface area contributed by atoms with Crippen LogP contribution in [0.5, 0.6) is 0 Å². The number of nitrogens with zero attached hydrogens (tertiary/aromatic N) is 2. The summed E-state index contributed by atoms with van der Waals surface area (Å²) in [6.45, 7) is 1.01. The first-order valence-corrected chi connectivity index (χ1v) is 4.75. The predicted molar refractivity (Wildman–Crippen MR) is 58.6 cm³/mol. The van der Waals surface area contributed by atoms with Gasteiger partial charge >= 0.3 is 0 Å². The smallest absolute Gasteiger partial charge is 0.194 e. The van der Waals surface area contributed by atoms with Gasteiger partial charge in [0.05, 0.1) is 0 Å². The van der Waals surface area contributed by atoms with Crippen LogP contribution in [0.3, 0.4) is 0 Å². The van der Waals surface area contributed by atoms with Gasteiger partial charge in [-0.2, -0.15) is 0 Å². The molecule has 0 aromatic rings. The van der Waals surface area contributed by atoms with Crippen molar-refractivity contribution >= 4 is 5.96 Å². The summed E-state index contributed by atoms with van der Waals surface area (Å²) in [7, 11) is 4.08. The number of aliphatic imine (C=N–C) groups is 1. The van der Waals surface area contributed by atoms with E-state index in [9.17, 15) is 0 Å². The van der Waals surface area contributed by atoms with Gasteiger partial charge in [0.1, 0.15) is 5.66 Å². The molecule has 1 rings (SSSR count). The van der Waals surface area contributed by atoms with Crippen LogP contribution in [0.2, 0.25) is 0 Å². The summed E-state index contributed by atoms with van der Waals surface area (Å²) >= 11 is 0. The zero-order valence-electron chi connectivity index (χ0n) is 8.83. The Kier molecular flexibility index (Phi) is 3.49. The second-order valence-electron chi connectivity index (χ2n) is 3.87. The molecule has 0 amide bonds. The summed E-state index contributed by atoms with van der Waals surface area (Å²) in [5, 5.41) is 2.79. The van der Waals surface area contributed by atoms with Crippen LogP contribution in [0.15, 0.2) is 17.3 Å². The lowest BCUT2D eigenvalue weighted by molar-refractivity contribution is 0.367. The zero-order chi connectivity index (χ0) is 10.6. The molecular formula is C9H19N5. The molecule has 0 saturated carbocycles. The van der Waals surface area contributed by atoms with Gasteiger partial charge in [0.25, 0.3) is 0 Å². The average Bonchev–Trinajstić information content (AvgIpc) is 2.01. The molecule has 80 valence electrons. The van der Waals surface area contributed by atoms with Crippen LogP contribution in [-0.4, -0.2) is 37.2 Å². The van der Waals surface area contributed by atoms with Crippen molar-refractivity contribution in [1.29, 1.82) is 0 Å². The molecule has 1 aliphatic heterocycles. The molecular weight excluding hydrogens is 178 g/mol. The average molecular weight is 197 g/mol. The van der Waals surface area contributed by atoms with Gasteiger partial charge in [-0.05, 0) is 39.6 Å². The van der Waals surface area contributed by atoms with Crippen LogP contribution in [0.1, 0.15) is 12.8 Å². The van der Waals surface area contributed by atoms with Crippen LogP contribution in [-0.2, 0) is 0 Å². The molecule has 1 unspecified atom stereocenters. The van der Waals surface area contributed by atoms with E-state index in [0.29, 0.717) is 5.96 Å². The summed E-state index contributed by atoms with van der Waals surface area (Å²) in [5.74, 6) is 0.389. The van der Waals surface area contributed by atoms with Crippen molar-refractivity contribution in [2.24, 2.45) is 16.5 Å². The number of rotatable bonds is 4. The molecule has 0 spiro atoms. The summed E-state index contributed by atoms with van der Waals surface area (Å²) in [6.07, 6.45) is 5.41. The van der Waals surface area contributed by atoms with E-state index in [-0.39, 0.29) is 0 Å². The molecule has 5 heteroatoms. The highest BCUT2D eigenvalue weighted by Gasteiger charge is 2.22. The van der Waals surface area contributed by atoms with Gasteiger partial charge in [0.2, 0.25) is 0 Å². The number of nitrogens with one attached hydrogen (secondary N) is 1. The summed E-state index contributed by atoms with van der Waals surface area (Å²) in [5.41, 5.74) is 10.9. The van der Waals surface area contributed by atoms with Crippen molar-refractivity contribution in [2.45, 2.75) is 18.5 Å². The van der Waals surface area contributed by atoms with E-state index in [1.807, 2.05) is 20.2 Å². The molecule has 14 heavy (non-hydrogen) atoms. The third-order valence-electron chi connectivity index (χ3n) is 2.11. The Morgan fingerprint density at radius 1 is 1.57 bits per heavy atom. The van der Waals surface area contributed by atoms with Gasteiger partial charge in [0, 0.05) is 6.20 Å². The minimum Gasteiger partial charge on any atom is -0.370 e. The van der Waals surface area contributed by atoms with Crippen LogP contribution < -0.4 is 16.8 Å². The zero-order valence-corrected chi connectivity index (χ0v) is 8.83. The normalized spacial score (nSPS) is 26.1. The van der Waals surface area contributed by atoms with E-state index in [2.05, 4.69) is 15.2 Å². The lowest BCUT2D eigenvalue weighted by atomic mass is 10.0. The highest BCUT2D eigenvalue weighted by molar-refractivity contribution is 5.80. The van der Waals surface area contributed by atoms with Crippen LogP contribution in [0.4, 0.5) is 0 Å². The van der Waals surface area contributed by atoms with Crippen molar-refractivity contribution in [3.8, 4) is 0 Å². The monoisotopic (exact) mass is 197 g/mol. The largest absolute Gasteiger partial charge is 0.370 e. The number of hydrogen-bond acceptors (Lipinski definition) is 5. The second-order valence-corrected chi connectivity index (χ2v) is 3.87. The van der Waals surface area contributed by atoms with Crippen molar-refractivity contribution in [1.82, 2.24) is 10.2 Å². The fourth-order valence-corrected chi connectivity index (χ4v) is 1.38. The molecule has 0 saturated heterocycles. The van der Waals surface area contributed by atoms with Crippen LogP contribution >= 0.6 is 0 Å². The van der Waals surface area contributed by atoms with Gasteiger partial charge in [0.15, 0.2) is 5.96 Å². The standard InChI is InChI=1S/C9H19N5/c1-14(2)7-3-4-9(11)5-6-12-8(10)13-9/h5-6H,3-4,7,11H2,1-2H3,(H3,10,12,13). The van der Waals surface area contributed by atoms with E-state index in [4.69, 9.17) is 11.5 Å². The molecule has 1 aliphatic rings. The first-order chi connectivity index (χ1) is 6.52. The number of guanidine groups is 1. The van der Waals surface area contributed by atoms with Gasteiger partial charge < -0.3 is 21.7 Å². The second kappa shape index (κ2) is 4.43. The van der Waals surface area contributed by atoms with Gasteiger partial charge in [-0.1, -0.05) is 0 Å². The number of hydrogen-bond donors (Lipinski definition) is 3. The van der Waals surface area contributed by atoms with Crippen molar-refractivity contribution in [3.63, 3.8) is 0 Å². The Labute approximate surface area is 84.8 Å². The van der Waals surface area contributed by atoms with Gasteiger partial charge in [-0.15, -0.1) is 0 Å². The molecule has 0 aromatic heterocycles. The number of nitrogens with two attached hydrogens (primary N) is 2. The van der Waals surface area contributed by atoms with Crippen LogP contribution in [0, 0.1) is 0 Å².